The van der Waals surface area contributed by atoms with Crippen LogP contribution in [0.1, 0.15) is 24.0 Å². The van der Waals surface area contributed by atoms with Crippen LogP contribution in [0.4, 0.5) is 11.5 Å². The highest BCUT2D eigenvalue weighted by Crippen LogP contribution is 2.21. The van der Waals surface area contributed by atoms with Crippen LogP contribution in [0, 0.1) is 13.8 Å². The number of amides is 2. The van der Waals surface area contributed by atoms with Gasteiger partial charge in [-0.25, -0.2) is 9.99 Å². The number of nitrogens with zero attached hydrogens (tertiary/aromatic N) is 3. The van der Waals surface area contributed by atoms with Crippen LogP contribution in [0.5, 0.6) is 0 Å². The Hall–Kier alpha value is -3.02. The summed E-state index contributed by atoms with van der Waals surface area (Å²) in [5, 5.41) is 8.29. The Morgan fingerprint density at radius 1 is 1.12 bits per heavy atom. The summed E-state index contributed by atoms with van der Waals surface area (Å²) in [5.74, 6) is 0.0192. The molecule has 2 aromatic rings. The maximum atomic E-state index is 12.4. The molecule has 0 atom stereocenters. The Bertz CT molecular complexity index is 829. The van der Waals surface area contributed by atoms with E-state index in [0.29, 0.717) is 23.6 Å². The van der Waals surface area contributed by atoms with Crippen molar-refractivity contribution in [3.63, 3.8) is 0 Å². The van der Waals surface area contributed by atoms with E-state index < -0.39 is 0 Å². The smallest absolute Gasteiger partial charge is 0.273 e. The third-order valence-electron chi connectivity index (χ3n) is 3.70. The summed E-state index contributed by atoms with van der Waals surface area (Å²) in [4.78, 5) is 28.7. The molecule has 1 aromatic carbocycles. The SMILES string of the molecule is Cc1cccc(N2N=C(C(=O)Nc3cc(C)ccn3)CCC2=O)c1. The second-order valence-electron chi connectivity index (χ2n) is 5.76. The van der Waals surface area contributed by atoms with E-state index >= 15 is 0 Å². The Morgan fingerprint density at radius 3 is 2.67 bits per heavy atom. The Kier molecular flexibility index (Phi) is 4.37. The van der Waals surface area contributed by atoms with Gasteiger partial charge in [0, 0.05) is 19.0 Å². The van der Waals surface area contributed by atoms with Crippen LogP contribution in [0.15, 0.2) is 47.7 Å². The fourth-order valence-electron chi connectivity index (χ4n) is 2.47. The predicted molar refractivity (Wildman–Crippen MR) is 92.9 cm³/mol. The summed E-state index contributed by atoms with van der Waals surface area (Å²) in [6, 6.07) is 11.1. The zero-order valence-corrected chi connectivity index (χ0v) is 13.6. The van der Waals surface area contributed by atoms with E-state index in [1.54, 1.807) is 18.3 Å². The lowest BCUT2D eigenvalue weighted by Gasteiger charge is -2.23. The predicted octanol–water partition coefficient (Wildman–Crippen LogP) is 2.82. The monoisotopic (exact) mass is 322 g/mol. The van der Waals surface area contributed by atoms with Gasteiger partial charge in [0.1, 0.15) is 11.5 Å². The van der Waals surface area contributed by atoms with E-state index in [4.69, 9.17) is 0 Å². The zero-order valence-electron chi connectivity index (χ0n) is 13.6. The van der Waals surface area contributed by atoms with Crippen LogP contribution >= 0.6 is 0 Å². The standard InChI is InChI=1S/C18H18N4O2/c1-12-4-3-5-14(10-12)22-17(23)7-6-15(21-22)18(24)20-16-11-13(2)8-9-19-16/h3-5,8-11H,6-7H2,1-2H3,(H,19,20,24). The maximum Gasteiger partial charge on any atom is 0.273 e. The molecule has 0 aliphatic carbocycles. The molecule has 6 nitrogen and oxygen atoms in total. The Balaban J connectivity index is 1.83. The van der Waals surface area contributed by atoms with Gasteiger partial charge in [0.05, 0.1) is 5.69 Å². The summed E-state index contributed by atoms with van der Waals surface area (Å²) in [5.41, 5.74) is 3.01. The van der Waals surface area contributed by atoms with Crippen molar-refractivity contribution in [1.29, 1.82) is 0 Å². The second-order valence-corrected chi connectivity index (χ2v) is 5.76. The average molecular weight is 322 g/mol. The fraction of sp³-hybridized carbons (Fsp3) is 0.222. The van der Waals surface area contributed by atoms with Crippen molar-refractivity contribution in [2.75, 3.05) is 10.3 Å². The number of carbonyl (C=O) groups excluding carboxylic acids is 2. The number of hydrogen-bond acceptors (Lipinski definition) is 4. The van der Waals surface area contributed by atoms with Crippen molar-refractivity contribution in [2.45, 2.75) is 26.7 Å². The molecular weight excluding hydrogens is 304 g/mol. The lowest BCUT2D eigenvalue weighted by molar-refractivity contribution is -0.118. The van der Waals surface area contributed by atoms with Gasteiger partial charge in [-0.15, -0.1) is 0 Å². The Labute approximate surface area is 140 Å². The average Bonchev–Trinajstić information content (AvgIpc) is 2.55. The third kappa shape index (κ3) is 3.48. The van der Waals surface area contributed by atoms with E-state index in [1.165, 1.54) is 5.01 Å². The van der Waals surface area contributed by atoms with Gasteiger partial charge in [0.2, 0.25) is 5.91 Å². The molecule has 0 radical (unpaired) electrons. The van der Waals surface area contributed by atoms with E-state index in [9.17, 15) is 9.59 Å². The minimum Gasteiger partial charge on any atom is -0.305 e. The van der Waals surface area contributed by atoms with Gasteiger partial charge in [0.15, 0.2) is 0 Å². The van der Waals surface area contributed by atoms with Gasteiger partial charge < -0.3 is 5.32 Å². The lowest BCUT2D eigenvalue weighted by Crippen LogP contribution is -2.36. The first-order valence-corrected chi connectivity index (χ1v) is 7.74. The number of benzene rings is 1. The van der Waals surface area contributed by atoms with Crippen molar-refractivity contribution >= 4 is 29.0 Å². The number of hydrogen-bond donors (Lipinski definition) is 1. The van der Waals surface area contributed by atoms with E-state index in [0.717, 1.165) is 11.1 Å². The molecular formula is C18H18N4O2. The molecule has 24 heavy (non-hydrogen) atoms. The topological polar surface area (TPSA) is 74.7 Å². The molecule has 0 spiro atoms. The number of aromatic nitrogens is 1. The van der Waals surface area contributed by atoms with Gasteiger partial charge in [-0.2, -0.15) is 5.10 Å². The van der Waals surface area contributed by atoms with E-state index in [1.807, 2.05) is 38.1 Å². The Morgan fingerprint density at radius 2 is 1.92 bits per heavy atom. The molecule has 0 unspecified atom stereocenters. The molecule has 1 aromatic heterocycles. The molecule has 2 amide bonds. The quantitative estimate of drug-likeness (QED) is 0.944. The number of hydrazone groups is 1. The van der Waals surface area contributed by atoms with Crippen molar-refractivity contribution < 1.29 is 9.59 Å². The summed E-state index contributed by atoms with van der Waals surface area (Å²) in [6.07, 6.45) is 2.20. The molecule has 0 saturated heterocycles. The van der Waals surface area contributed by atoms with Gasteiger partial charge in [0.25, 0.3) is 5.91 Å². The second kappa shape index (κ2) is 6.62. The van der Waals surface area contributed by atoms with Crippen molar-refractivity contribution in [3.05, 3.63) is 53.7 Å². The van der Waals surface area contributed by atoms with Crippen LogP contribution in [0.2, 0.25) is 0 Å². The highest BCUT2D eigenvalue weighted by Gasteiger charge is 2.25. The summed E-state index contributed by atoms with van der Waals surface area (Å²) in [7, 11) is 0. The largest absolute Gasteiger partial charge is 0.305 e. The van der Waals surface area contributed by atoms with Crippen LogP contribution in [-0.2, 0) is 9.59 Å². The van der Waals surface area contributed by atoms with E-state index in [2.05, 4.69) is 15.4 Å². The first kappa shape index (κ1) is 15.9. The zero-order chi connectivity index (χ0) is 17.1. The van der Waals surface area contributed by atoms with Crippen LogP contribution in [0.25, 0.3) is 0 Å². The minimum atomic E-state index is -0.335. The van der Waals surface area contributed by atoms with Crippen molar-refractivity contribution in [3.8, 4) is 0 Å². The van der Waals surface area contributed by atoms with Crippen LogP contribution < -0.4 is 10.3 Å². The third-order valence-corrected chi connectivity index (χ3v) is 3.70. The summed E-state index contributed by atoms with van der Waals surface area (Å²) >= 11 is 0. The van der Waals surface area contributed by atoms with Gasteiger partial charge in [-0.05, 0) is 49.2 Å². The molecule has 6 heteroatoms. The molecule has 122 valence electrons. The highest BCUT2D eigenvalue weighted by atomic mass is 16.2. The van der Waals surface area contributed by atoms with Crippen LogP contribution in [-0.4, -0.2) is 22.5 Å². The number of pyridine rings is 1. The van der Waals surface area contributed by atoms with Gasteiger partial charge >= 0.3 is 0 Å². The normalized spacial score (nSPS) is 14.3. The lowest BCUT2D eigenvalue weighted by atomic mass is 10.1. The fourth-order valence-corrected chi connectivity index (χ4v) is 2.47. The highest BCUT2D eigenvalue weighted by molar-refractivity contribution is 6.44. The van der Waals surface area contributed by atoms with Crippen molar-refractivity contribution in [1.82, 2.24) is 4.98 Å². The molecule has 0 fully saturated rings. The number of aryl methyl sites for hydroxylation is 2. The van der Waals surface area contributed by atoms with Crippen LogP contribution in [0.3, 0.4) is 0 Å². The molecule has 0 bridgehead atoms. The summed E-state index contributed by atoms with van der Waals surface area (Å²) in [6.45, 7) is 3.87. The molecule has 1 aliphatic heterocycles. The van der Waals surface area contributed by atoms with Crippen molar-refractivity contribution in [2.24, 2.45) is 5.10 Å². The van der Waals surface area contributed by atoms with Gasteiger partial charge in [-0.3, -0.25) is 9.59 Å². The number of carbonyl (C=O) groups is 2. The minimum absolute atomic E-state index is 0.120. The molecule has 2 heterocycles. The maximum absolute atomic E-state index is 12.4. The van der Waals surface area contributed by atoms with E-state index in [-0.39, 0.29) is 18.2 Å². The summed E-state index contributed by atoms with van der Waals surface area (Å²) < 4.78 is 0. The molecule has 1 N–H and O–H groups in total. The first-order chi connectivity index (χ1) is 11.5. The molecule has 1 aliphatic rings. The number of nitrogens with one attached hydrogen (secondary N) is 1. The molecule has 0 saturated carbocycles. The molecule has 3 rings (SSSR count). The van der Waals surface area contributed by atoms with Gasteiger partial charge in [-0.1, -0.05) is 12.1 Å². The number of anilines is 2. The first-order valence-electron chi connectivity index (χ1n) is 7.74. The number of rotatable bonds is 3.